The SMILES string of the molecule is CCC(O)(C=Cc1ccc(C(CC)(CC)c2ccc(OCCCCc3nnn[nH]3)c(C)c2)cc1C)CC. The average Bonchev–Trinajstić information content (AvgIpc) is 3.43. The molecule has 0 unspecified atom stereocenters. The molecule has 0 aliphatic heterocycles. The largest absolute Gasteiger partial charge is 0.493 e. The molecule has 3 aromatic rings. The number of hydrogen-bond donors (Lipinski definition) is 2. The second-order valence-corrected chi connectivity index (χ2v) is 10.1. The molecule has 0 radical (unpaired) electrons. The summed E-state index contributed by atoms with van der Waals surface area (Å²) in [5, 5.41) is 24.6. The zero-order valence-corrected chi connectivity index (χ0v) is 23.5. The zero-order chi connectivity index (χ0) is 26.9. The minimum Gasteiger partial charge on any atom is -0.493 e. The molecule has 0 spiro atoms. The summed E-state index contributed by atoms with van der Waals surface area (Å²) < 4.78 is 6.11. The lowest BCUT2D eigenvalue weighted by atomic mass is 9.70. The van der Waals surface area contributed by atoms with Crippen molar-refractivity contribution in [3.63, 3.8) is 0 Å². The predicted molar refractivity (Wildman–Crippen MR) is 151 cm³/mol. The highest BCUT2D eigenvalue weighted by molar-refractivity contribution is 5.57. The van der Waals surface area contributed by atoms with Gasteiger partial charge in [-0.3, -0.25) is 0 Å². The van der Waals surface area contributed by atoms with Gasteiger partial charge in [0, 0.05) is 11.8 Å². The van der Waals surface area contributed by atoms with Crippen LogP contribution in [0.4, 0.5) is 0 Å². The van der Waals surface area contributed by atoms with Crippen LogP contribution in [0.2, 0.25) is 0 Å². The van der Waals surface area contributed by atoms with E-state index in [4.69, 9.17) is 4.74 Å². The summed E-state index contributed by atoms with van der Waals surface area (Å²) in [6.45, 7) is 13.6. The van der Waals surface area contributed by atoms with Crippen molar-refractivity contribution in [1.29, 1.82) is 0 Å². The van der Waals surface area contributed by atoms with E-state index in [1.807, 2.05) is 19.9 Å². The van der Waals surface area contributed by atoms with Crippen LogP contribution in [0.3, 0.4) is 0 Å². The molecule has 1 heterocycles. The van der Waals surface area contributed by atoms with Crippen molar-refractivity contribution in [3.05, 3.63) is 76.1 Å². The van der Waals surface area contributed by atoms with Crippen molar-refractivity contribution in [2.24, 2.45) is 0 Å². The Bertz CT molecular complexity index is 1150. The third-order valence-electron chi connectivity index (χ3n) is 8.01. The van der Waals surface area contributed by atoms with Gasteiger partial charge in [-0.25, -0.2) is 5.10 Å². The third-order valence-corrected chi connectivity index (χ3v) is 8.01. The average molecular weight is 505 g/mol. The van der Waals surface area contributed by atoms with Gasteiger partial charge in [-0.05, 0) is 96.7 Å². The Morgan fingerprint density at radius 3 is 2.14 bits per heavy atom. The summed E-state index contributed by atoms with van der Waals surface area (Å²) >= 11 is 0. The van der Waals surface area contributed by atoms with E-state index in [0.29, 0.717) is 19.4 Å². The lowest BCUT2D eigenvalue weighted by Crippen LogP contribution is -2.26. The smallest absolute Gasteiger partial charge is 0.148 e. The standard InChI is InChI=1S/C31H44N4O2/c1-7-30(36,8-2)19-18-25-14-15-26(21-23(25)5)31(9-3,10-4)27-16-17-28(24(6)22-27)37-20-12-11-13-29-32-34-35-33-29/h14-19,21-22,36H,7-13,20H2,1-6H3,(H,32,33,34,35). The van der Waals surface area contributed by atoms with Gasteiger partial charge < -0.3 is 9.84 Å². The van der Waals surface area contributed by atoms with Crippen molar-refractivity contribution < 1.29 is 9.84 Å². The fourth-order valence-corrected chi connectivity index (χ4v) is 5.09. The summed E-state index contributed by atoms with van der Waals surface area (Å²) in [6, 6.07) is 13.5. The first-order valence-corrected chi connectivity index (χ1v) is 13.8. The Morgan fingerprint density at radius 1 is 0.892 bits per heavy atom. The molecule has 0 saturated carbocycles. The minimum absolute atomic E-state index is 0.0605. The van der Waals surface area contributed by atoms with Crippen molar-refractivity contribution in [2.75, 3.05) is 6.61 Å². The number of nitrogens with zero attached hydrogens (tertiary/aromatic N) is 3. The molecule has 6 nitrogen and oxygen atoms in total. The van der Waals surface area contributed by atoms with Crippen LogP contribution in [0.1, 0.15) is 99.9 Å². The molecule has 200 valence electrons. The number of aliphatic hydroxyl groups is 1. The number of rotatable bonds is 14. The molecule has 0 aliphatic carbocycles. The number of nitrogens with one attached hydrogen (secondary N) is 1. The van der Waals surface area contributed by atoms with Crippen LogP contribution in [-0.2, 0) is 11.8 Å². The van der Waals surface area contributed by atoms with Gasteiger partial charge >= 0.3 is 0 Å². The Labute approximate surface area is 222 Å². The van der Waals surface area contributed by atoms with Gasteiger partial charge in [-0.15, -0.1) is 5.10 Å². The first-order chi connectivity index (χ1) is 17.8. The quantitative estimate of drug-likeness (QED) is 0.234. The number of aromatic amines is 1. The number of aromatic nitrogens is 4. The first-order valence-electron chi connectivity index (χ1n) is 13.8. The van der Waals surface area contributed by atoms with Crippen LogP contribution >= 0.6 is 0 Å². The van der Waals surface area contributed by atoms with E-state index in [9.17, 15) is 5.11 Å². The van der Waals surface area contributed by atoms with Crippen molar-refractivity contribution in [3.8, 4) is 5.75 Å². The van der Waals surface area contributed by atoms with E-state index < -0.39 is 5.60 Å². The Balaban J connectivity index is 1.75. The predicted octanol–water partition coefficient (Wildman–Crippen LogP) is 6.89. The maximum atomic E-state index is 10.7. The summed E-state index contributed by atoms with van der Waals surface area (Å²) in [6.07, 6.45) is 10.2. The molecule has 0 aliphatic rings. The summed E-state index contributed by atoms with van der Waals surface area (Å²) in [4.78, 5) is 0. The summed E-state index contributed by atoms with van der Waals surface area (Å²) in [5.41, 5.74) is 5.42. The van der Waals surface area contributed by atoms with Crippen molar-refractivity contribution >= 4 is 6.08 Å². The molecule has 0 atom stereocenters. The number of tetrazole rings is 1. The lowest BCUT2D eigenvalue weighted by molar-refractivity contribution is 0.0836. The van der Waals surface area contributed by atoms with E-state index >= 15 is 0 Å². The molecular weight excluding hydrogens is 460 g/mol. The molecule has 0 fully saturated rings. The lowest BCUT2D eigenvalue weighted by Gasteiger charge is -2.34. The summed E-state index contributed by atoms with van der Waals surface area (Å²) in [5.74, 6) is 1.76. The molecule has 1 aromatic heterocycles. The van der Waals surface area contributed by atoms with E-state index in [1.54, 1.807) is 0 Å². The van der Waals surface area contributed by atoms with Crippen molar-refractivity contribution in [1.82, 2.24) is 20.6 Å². The number of H-pyrrole nitrogens is 1. The Morgan fingerprint density at radius 2 is 1.57 bits per heavy atom. The second kappa shape index (κ2) is 13.0. The van der Waals surface area contributed by atoms with Crippen LogP contribution in [0.5, 0.6) is 5.75 Å². The highest BCUT2D eigenvalue weighted by Gasteiger charge is 2.31. The highest BCUT2D eigenvalue weighted by Crippen LogP contribution is 2.41. The number of benzene rings is 2. The number of unbranched alkanes of at least 4 members (excludes halogenated alkanes) is 1. The van der Waals surface area contributed by atoms with Gasteiger partial charge in [0.2, 0.25) is 0 Å². The Kier molecular flexibility index (Phi) is 10.0. The molecule has 2 aromatic carbocycles. The van der Waals surface area contributed by atoms with E-state index in [0.717, 1.165) is 54.8 Å². The molecule has 3 rings (SSSR count). The Hall–Kier alpha value is -2.99. The van der Waals surface area contributed by atoms with Crippen LogP contribution in [-0.4, -0.2) is 37.9 Å². The van der Waals surface area contributed by atoms with Gasteiger partial charge in [-0.2, -0.15) is 0 Å². The number of hydrogen-bond acceptors (Lipinski definition) is 5. The van der Waals surface area contributed by atoms with E-state index in [1.165, 1.54) is 16.7 Å². The van der Waals surface area contributed by atoms with Gasteiger partial charge in [0.15, 0.2) is 0 Å². The molecule has 0 bridgehead atoms. The molecule has 0 amide bonds. The van der Waals surface area contributed by atoms with E-state index in [-0.39, 0.29) is 5.41 Å². The van der Waals surface area contributed by atoms with Crippen LogP contribution in [0.15, 0.2) is 42.5 Å². The van der Waals surface area contributed by atoms with Crippen LogP contribution in [0.25, 0.3) is 6.08 Å². The maximum absolute atomic E-state index is 10.7. The zero-order valence-electron chi connectivity index (χ0n) is 23.5. The molecular formula is C31H44N4O2. The maximum Gasteiger partial charge on any atom is 0.148 e. The van der Waals surface area contributed by atoms with Gasteiger partial charge in [0.05, 0.1) is 12.2 Å². The highest BCUT2D eigenvalue weighted by atomic mass is 16.5. The molecule has 2 N–H and O–H groups in total. The topological polar surface area (TPSA) is 83.9 Å². The summed E-state index contributed by atoms with van der Waals surface area (Å²) in [7, 11) is 0. The monoisotopic (exact) mass is 504 g/mol. The number of ether oxygens (including phenoxy) is 1. The van der Waals surface area contributed by atoms with Crippen LogP contribution < -0.4 is 4.74 Å². The molecule has 37 heavy (non-hydrogen) atoms. The van der Waals surface area contributed by atoms with E-state index in [2.05, 4.69) is 90.8 Å². The first kappa shape index (κ1) is 28.6. The fraction of sp³-hybridized carbons (Fsp3) is 0.516. The minimum atomic E-state index is -0.739. The van der Waals surface area contributed by atoms with Gasteiger partial charge in [-0.1, -0.05) is 70.2 Å². The fourth-order valence-electron chi connectivity index (χ4n) is 5.09. The second-order valence-electron chi connectivity index (χ2n) is 10.1. The molecule has 6 heteroatoms. The third kappa shape index (κ3) is 6.86. The number of aryl methyl sites for hydroxylation is 3. The van der Waals surface area contributed by atoms with Crippen LogP contribution in [0, 0.1) is 13.8 Å². The van der Waals surface area contributed by atoms with Crippen molar-refractivity contribution in [2.45, 2.75) is 97.5 Å². The normalized spacial score (nSPS) is 12.4. The molecule has 0 saturated heterocycles. The van der Waals surface area contributed by atoms with Gasteiger partial charge in [0.1, 0.15) is 11.6 Å². The van der Waals surface area contributed by atoms with Gasteiger partial charge in [0.25, 0.3) is 0 Å².